The van der Waals surface area contributed by atoms with Crippen molar-refractivity contribution in [3.05, 3.63) is 70.2 Å². The van der Waals surface area contributed by atoms with Crippen molar-refractivity contribution in [2.45, 2.75) is 6.54 Å². The van der Waals surface area contributed by atoms with Crippen LogP contribution >= 0.6 is 0 Å². The molecule has 3 aromatic rings. The minimum atomic E-state index is -0.626. The topological polar surface area (TPSA) is 71.0 Å². The smallest absolute Gasteiger partial charge is 0.295 e. The lowest BCUT2D eigenvalue weighted by Gasteiger charge is -2.06. The second kappa shape index (κ2) is 5.24. The third-order valence-corrected chi connectivity index (χ3v) is 3.30. The zero-order chi connectivity index (χ0) is 14.8. The van der Waals surface area contributed by atoms with Gasteiger partial charge in [-0.2, -0.15) is 0 Å². The second-order valence-electron chi connectivity index (χ2n) is 4.63. The van der Waals surface area contributed by atoms with Crippen molar-refractivity contribution >= 4 is 22.3 Å². The molecule has 0 bridgehead atoms. The average Bonchev–Trinajstić information content (AvgIpc) is 2.89. The Balaban J connectivity index is 1.87. The maximum absolute atomic E-state index is 13.1. The van der Waals surface area contributed by atoms with Crippen molar-refractivity contribution in [1.82, 2.24) is 4.98 Å². The lowest BCUT2D eigenvalue weighted by atomic mass is 10.1. The first-order valence-corrected chi connectivity index (χ1v) is 6.38. The monoisotopic (exact) mass is 285 g/mol. The van der Waals surface area contributed by atoms with Gasteiger partial charge in [-0.1, -0.05) is 18.2 Å². The molecule has 0 aliphatic heterocycles. The van der Waals surface area contributed by atoms with Gasteiger partial charge in [0.15, 0.2) is 0 Å². The predicted molar refractivity (Wildman–Crippen MR) is 78.7 cm³/mol. The number of halogens is 1. The normalized spacial score (nSPS) is 10.7. The molecule has 2 aromatic carbocycles. The first-order valence-electron chi connectivity index (χ1n) is 6.38. The maximum atomic E-state index is 13.1. The number of H-pyrrole nitrogens is 1. The van der Waals surface area contributed by atoms with Gasteiger partial charge in [0, 0.05) is 23.6 Å². The zero-order valence-electron chi connectivity index (χ0n) is 11.0. The molecule has 0 aliphatic rings. The van der Waals surface area contributed by atoms with E-state index in [9.17, 15) is 14.5 Å². The van der Waals surface area contributed by atoms with Crippen LogP contribution in [0.1, 0.15) is 5.56 Å². The fraction of sp³-hybridized carbons (Fsp3) is 0.0667. The van der Waals surface area contributed by atoms with Crippen LogP contribution in [0.5, 0.6) is 0 Å². The van der Waals surface area contributed by atoms with Crippen LogP contribution in [0.2, 0.25) is 0 Å². The molecule has 3 rings (SSSR count). The molecule has 0 unspecified atom stereocenters. The molecule has 6 heteroatoms. The fourth-order valence-electron chi connectivity index (χ4n) is 2.27. The minimum Gasteiger partial charge on any atom is -0.375 e. The summed E-state index contributed by atoms with van der Waals surface area (Å²) in [4.78, 5) is 13.5. The van der Waals surface area contributed by atoms with Gasteiger partial charge < -0.3 is 10.3 Å². The van der Waals surface area contributed by atoms with E-state index in [1.165, 1.54) is 12.1 Å². The van der Waals surface area contributed by atoms with E-state index in [0.717, 1.165) is 22.5 Å². The predicted octanol–water partition coefficient (Wildman–Crippen LogP) is 3.83. The Hall–Kier alpha value is -2.89. The van der Waals surface area contributed by atoms with Crippen molar-refractivity contribution in [1.29, 1.82) is 0 Å². The molecular weight excluding hydrogens is 273 g/mol. The van der Waals surface area contributed by atoms with Gasteiger partial charge >= 0.3 is 0 Å². The Morgan fingerprint density at radius 2 is 2.05 bits per heavy atom. The molecule has 106 valence electrons. The van der Waals surface area contributed by atoms with E-state index in [2.05, 4.69) is 10.3 Å². The van der Waals surface area contributed by atoms with Gasteiger partial charge in [-0.05, 0) is 23.8 Å². The van der Waals surface area contributed by atoms with Crippen LogP contribution in [-0.4, -0.2) is 9.91 Å². The average molecular weight is 285 g/mol. The van der Waals surface area contributed by atoms with Crippen LogP contribution in [0.25, 0.3) is 10.9 Å². The standard InChI is InChI=1S/C15H12FN3O2/c16-11-5-6-14(15(7-11)19(20)21)18-9-10-8-17-13-4-2-1-3-12(10)13/h1-8,17-18H,9H2. The summed E-state index contributed by atoms with van der Waals surface area (Å²) >= 11 is 0. The highest BCUT2D eigenvalue weighted by atomic mass is 19.1. The van der Waals surface area contributed by atoms with Crippen LogP contribution < -0.4 is 5.32 Å². The molecule has 0 aliphatic carbocycles. The summed E-state index contributed by atoms with van der Waals surface area (Å²) in [5.74, 6) is -0.626. The van der Waals surface area contributed by atoms with Crippen LogP contribution in [0, 0.1) is 15.9 Å². The Bertz CT molecular complexity index is 814. The Labute approximate surface area is 119 Å². The first kappa shape index (κ1) is 13.1. The number of anilines is 1. The van der Waals surface area contributed by atoms with Crippen LogP contribution in [0.4, 0.5) is 15.8 Å². The van der Waals surface area contributed by atoms with Crippen molar-refractivity contribution in [3.8, 4) is 0 Å². The quantitative estimate of drug-likeness (QED) is 0.565. The van der Waals surface area contributed by atoms with E-state index in [-0.39, 0.29) is 5.69 Å². The highest BCUT2D eigenvalue weighted by molar-refractivity contribution is 5.83. The molecule has 0 spiro atoms. The molecule has 1 aromatic heterocycles. The number of para-hydroxylation sites is 1. The largest absolute Gasteiger partial charge is 0.375 e. The third-order valence-electron chi connectivity index (χ3n) is 3.30. The van der Waals surface area contributed by atoms with Gasteiger partial charge in [0.25, 0.3) is 5.69 Å². The van der Waals surface area contributed by atoms with Gasteiger partial charge in [0.05, 0.1) is 11.0 Å². The summed E-state index contributed by atoms with van der Waals surface area (Å²) in [6.07, 6.45) is 1.85. The Morgan fingerprint density at radius 3 is 2.86 bits per heavy atom. The van der Waals surface area contributed by atoms with E-state index >= 15 is 0 Å². The second-order valence-corrected chi connectivity index (χ2v) is 4.63. The lowest BCUT2D eigenvalue weighted by Crippen LogP contribution is -2.02. The van der Waals surface area contributed by atoms with Gasteiger partial charge in [0.1, 0.15) is 11.5 Å². The number of benzene rings is 2. The summed E-state index contributed by atoms with van der Waals surface area (Å²) in [5.41, 5.74) is 2.02. The summed E-state index contributed by atoms with van der Waals surface area (Å²) in [6, 6.07) is 11.3. The number of aromatic nitrogens is 1. The molecule has 0 atom stereocenters. The molecule has 0 saturated heterocycles. The molecule has 0 saturated carbocycles. The number of aromatic amines is 1. The minimum absolute atomic E-state index is 0.269. The van der Waals surface area contributed by atoms with Gasteiger partial charge in [0.2, 0.25) is 0 Å². The van der Waals surface area contributed by atoms with Crippen LogP contribution in [0.3, 0.4) is 0 Å². The van der Waals surface area contributed by atoms with Crippen LogP contribution in [-0.2, 0) is 6.54 Å². The molecule has 0 radical (unpaired) electrons. The number of nitrogens with zero attached hydrogens (tertiary/aromatic N) is 1. The SMILES string of the molecule is O=[N+]([O-])c1cc(F)ccc1NCc1c[nH]c2ccccc12. The zero-order valence-corrected chi connectivity index (χ0v) is 11.0. The van der Waals surface area contributed by atoms with Crippen molar-refractivity contribution < 1.29 is 9.31 Å². The maximum Gasteiger partial charge on any atom is 0.295 e. The number of hydrogen-bond donors (Lipinski definition) is 2. The third kappa shape index (κ3) is 2.55. The van der Waals surface area contributed by atoms with Crippen molar-refractivity contribution in [2.75, 3.05) is 5.32 Å². The van der Waals surface area contributed by atoms with Crippen molar-refractivity contribution in [3.63, 3.8) is 0 Å². The van der Waals surface area contributed by atoms with E-state index in [1.807, 2.05) is 30.5 Å². The summed E-state index contributed by atoms with van der Waals surface area (Å²) in [7, 11) is 0. The lowest BCUT2D eigenvalue weighted by molar-refractivity contribution is -0.384. The van der Waals surface area contributed by atoms with E-state index in [4.69, 9.17) is 0 Å². The Kier molecular flexibility index (Phi) is 3.27. The summed E-state index contributed by atoms with van der Waals surface area (Å²) in [6.45, 7) is 0.413. The number of nitro benzene ring substituents is 1. The van der Waals surface area contributed by atoms with Gasteiger partial charge in [-0.3, -0.25) is 10.1 Å². The molecule has 1 heterocycles. The fourth-order valence-corrected chi connectivity index (χ4v) is 2.27. The highest BCUT2D eigenvalue weighted by Gasteiger charge is 2.15. The number of nitro groups is 1. The van der Waals surface area contributed by atoms with Crippen molar-refractivity contribution in [2.24, 2.45) is 0 Å². The number of nitrogens with one attached hydrogen (secondary N) is 2. The molecule has 2 N–H and O–H groups in total. The molecule has 21 heavy (non-hydrogen) atoms. The highest BCUT2D eigenvalue weighted by Crippen LogP contribution is 2.26. The summed E-state index contributed by atoms with van der Waals surface area (Å²) < 4.78 is 13.1. The van der Waals surface area contributed by atoms with E-state index < -0.39 is 10.7 Å². The van der Waals surface area contributed by atoms with Gasteiger partial charge in [-0.25, -0.2) is 4.39 Å². The Morgan fingerprint density at radius 1 is 1.24 bits per heavy atom. The first-order chi connectivity index (χ1) is 10.1. The van der Waals surface area contributed by atoms with Gasteiger partial charge in [-0.15, -0.1) is 0 Å². The van der Waals surface area contributed by atoms with E-state index in [0.29, 0.717) is 12.2 Å². The molecule has 0 fully saturated rings. The number of hydrogen-bond acceptors (Lipinski definition) is 3. The molecule has 5 nitrogen and oxygen atoms in total. The summed E-state index contributed by atoms with van der Waals surface area (Å²) in [5, 5.41) is 15.0. The molecular formula is C15H12FN3O2. The molecule has 0 amide bonds. The number of fused-ring (bicyclic) bond motifs is 1. The number of rotatable bonds is 4. The van der Waals surface area contributed by atoms with Crippen LogP contribution in [0.15, 0.2) is 48.7 Å². The van der Waals surface area contributed by atoms with E-state index in [1.54, 1.807) is 0 Å².